The van der Waals surface area contributed by atoms with E-state index in [1.807, 2.05) is 0 Å². The van der Waals surface area contributed by atoms with E-state index in [0.717, 1.165) is 78.6 Å². The Morgan fingerprint density at radius 3 is 1.17 bits per heavy atom. The Balaban J connectivity index is 1.22. The molecule has 0 saturated carbocycles. The molecule has 6 heterocycles. The van der Waals surface area contributed by atoms with Gasteiger partial charge in [-0.3, -0.25) is 9.13 Å². The van der Waals surface area contributed by atoms with Crippen molar-refractivity contribution >= 4 is 88.8 Å². The topological polar surface area (TPSA) is 45.5 Å². The van der Waals surface area contributed by atoms with Crippen LogP contribution in [0.3, 0.4) is 0 Å². The van der Waals surface area contributed by atoms with E-state index in [1.54, 1.807) is 0 Å². The average molecular weight is 801 g/mol. The third kappa shape index (κ3) is 4.23. The number of fused-ring (bicyclic) bond motifs is 12. The zero-order valence-electron chi connectivity index (χ0n) is 33.8. The molecule has 0 N–H and O–H groups in total. The van der Waals surface area contributed by atoms with E-state index in [4.69, 9.17) is 9.97 Å². The Bertz CT molecular complexity index is 3810. The molecule has 15 rings (SSSR count). The molecular weight excluding hydrogens is 767 g/mol. The van der Waals surface area contributed by atoms with Crippen molar-refractivity contribution in [3.05, 3.63) is 200 Å². The van der Waals surface area contributed by atoms with Gasteiger partial charge in [0.2, 0.25) is 0 Å². The van der Waals surface area contributed by atoms with Crippen molar-refractivity contribution in [1.29, 1.82) is 0 Å². The monoisotopic (exact) mass is 800 g/mol. The van der Waals surface area contributed by atoms with E-state index in [-0.39, 0.29) is 6.71 Å². The van der Waals surface area contributed by atoms with Crippen LogP contribution >= 0.6 is 0 Å². The van der Waals surface area contributed by atoms with Crippen LogP contribution in [0.5, 0.6) is 0 Å². The third-order valence-electron chi connectivity index (χ3n) is 13.7. The molecule has 0 bridgehead atoms. The molecule has 7 heteroatoms. The van der Waals surface area contributed by atoms with E-state index in [1.165, 1.54) is 49.0 Å². The van der Waals surface area contributed by atoms with Crippen LogP contribution in [0.25, 0.3) is 111 Å². The predicted octanol–water partition coefficient (Wildman–Crippen LogP) is 11.0. The highest BCUT2D eigenvalue weighted by Gasteiger charge is 2.45. The summed E-state index contributed by atoms with van der Waals surface area (Å²) < 4.78 is 9.83. The summed E-state index contributed by atoms with van der Waals surface area (Å²) in [6.45, 7) is -0.167. The quantitative estimate of drug-likeness (QED) is 0.166. The van der Waals surface area contributed by atoms with Gasteiger partial charge in [-0.05, 0) is 77.1 Å². The first kappa shape index (κ1) is 33.3. The van der Waals surface area contributed by atoms with E-state index in [0.29, 0.717) is 0 Å². The van der Waals surface area contributed by atoms with Gasteiger partial charge < -0.3 is 9.13 Å². The molecule has 0 fully saturated rings. The number of imidazole rings is 2. The van der Waals surface area contributed by atoms with Crippen LogP contribution in [-0.2, 0) is 0 Å². The molecule has 2 aliphatic rings. The minimum Gasteiger partial charge on any atom is -0.309 e. The van der Waals surface area contributed by atoms with Crippen LogP contribution in [0, 0.1) is 0 Å². The Morgan fingerprint density at radius 1 is 0.333 bits per heavy atom. The van der Waals surface area contributed by atoms with Gasteiger partial charge in [0, 0.05) is 55.4 Å². The van der Waals surface area contributed by atoms with Crippen LogP contribution in [-0.4, -0.2) is 34.9 Å². The second-order valence-electron chi connectivity index (χ2n) is 16.9. The molecule has 9 aromatic carbocycles. The van der Waals surface area contributed by atoms with Crippen molar-refractivity contribution in [2.24, 2.45) is 0 Å². The molecule has 0 radical (unpaired) electrons. The number of hydrogen-bond donors (Lipinski definition) is 0. The van der Waals surface area contributed by atoms with Crippen molar-refractivity contribution in [2.45, 2.75) is 0 Å². The second kappa shape index (κ2) is 12.1. The molecule has 6 nitrogen and oxygen atoms in total. The van der Waals surface area contributed by atoms with E-state index in [9.17, 15) is 0 Å². The maximum absolute atomic E-state index is 5.66. The molecule has 0 unspecified atom stereocenters. The van der Waals surface area contributed by atoms with Gasteiger partial charge in [-0.15, -0.1) is 0 Å². The first-order valence-corrected chi connectivity index (χ1v) is 21.6. The van der Waals surface area contributed by atoms with Crippen molar-refractivity contribution in [1.82, 2.24) is 28.2 Å². The lowest BCUT2D eigenvalue weighted by atomic mass is 9.33. The molecule has 0 atom stereocenters. The minimum atomic E-state index is -0.167. The zero-order valence-corrected chi connectivity index (χ0v) is 33.8. The SMILES string of the molecule is c1ccc(-c2nc3cc4c(c5c3n2-c2cccc3c2B5c2c5c6ccccc6n(-c6ccccc6)c5cc5nc(-c6ccccc6)n-3c25)c2ccccc2n4-c2ccccc2)cc1. The van der Waals surface area contributed by atoms with Gasteiger partial charge in [-0.1, -0.05) is 140 Å². The summed E-state index contributed by atoms with van der Waals surface area (Å²) in [5, 5.41) is 4.95. The van der Waals surface area contributed by atoms with Gasteiger partial charge in [0.05, 0.1) is 44.1 Å². The smallest absolute Gasteiger partial charge is 0.254 e. The summed E-state index contributed by atoms with van der Waals surface area (Å²) in [5.74, 6) is 1.87. The molecule has 13 aromatic rings. The fraction of sp³-hybridized carbons (Fsp3) is 0. The predicted molar refractivity (Wildman–Crippen MR) is 260 cm³/mol. The van der Waals surface area contributed by atoms with Gasteiger partial charge in [0.1, 0.15) is 11.6 Å². The lowest BCUT2D eigenvalue weighted by molar-refractivity contribution is 1.07. The molecule has 2 aliphatic heterocycles. The summed E-state index contributed by atoms with van der Waals surface area (Å²) >= 11 is 0. The van der Waals surface area contributed by atoms with Crippen LogP contribution in [0.1, 0.15) is 0 Å². The van der Waals surface area contributed by atoms with Crippen molar-refractivity contribution in [3.63, 3.8) is 0 Å². The summed E-state index contributed by atoms with van der Waals surface area (Å²) in [5.41, 5.74) is 19.4. The Labute approximate surface area is 361 Å². The Morgan fingerprint density at radius 2 is 0.730 bits per heavy atom. The molecule has 0 aliphatic carbocycles. The summed E-state index contributed by atoms with van der Waals surface area (Å²) in [6.07, 6.45) is 0. The number of benzene rings is 9. The zero-order chi connectivity index (χ0) is 40.9. The summed E-state index contributed by atoms with van der Waals surface area (Å²) in [7, 11) is 0. The first-order chi connectivity index (χ1) is 31.3. The largest absolute Gasteiger partial charge is 0.309 e. The fourth-order valence-corrected chi connectivity index (χ4v) is 11.4. The van der Waals surface area contributed by atoms with Gasteiger partial charge in [0.25, 0.3) is 6.71 Å². The highest BCUT2D eigenvalue weighted by Crippen LogP contribution is 2.43. The van der Waals surface area contributed by atoms with E-state index < -0.39 is 0 Å². The molecular formula is C56H33BN6. The van der Waals surface area contributed by atoms with Crippen LogP contribution < -0.4 is 16.4 Å². The first-order valence-electron chi connectivity index (χ1n) is 21.6. The van der Waals surface area contributed by atoms with Gasteiger partial charge in [-0.2, -0.15) is 0 Å². The average Bonchev–Trinajstić information content (AvgIpc) is 4.11. The van der Waals surface area contributed by atoms with Gasteiger partial charge >= 0.3 is 0 Å². The maximum Gasteiger partial charge on any atom is 0.254 e. The number of hydrogen-bond acceptors (Lipinski definition) is 2. The molecule has 4 aromatic heterocycles. The van der Waals surface area contributed by atoms with Crippen LogP contribution in [0.15, 0.2) is 200 Å². The Hall–Kier alpha value is -8.42. The highest BCUT2D eigenvalue weighted by atomic mass is 15.1. The molecule has 290 valence electrons. The number of nitrogens with zero attached hydrogens (tertiary/aromatic N) is 6. The van der Waals surface area contributed by atoms with Gasteiger partial charge in [-0.25, -0.2) is 9.97 Å². The maximum atomic E-state index is 5.66. The second-order valence-corrected chi connectivity index (χ2v) is 16.9. The Kier molecular flexibility index (Phi) is 6.41. The van der Waals surface area contributed by atoms with Crippen molar-refractivity contribution < 1.29 is 0 Å². The van der Waals surface area contributed by atoms with Gasteiger partial charge in [0.15, 0.2) is 0 Å². The van der Waals surface area contributed by atoms with E-state index in [2.05, 4.69) is 218 Å². The lowest BCUT2D eigenvalue weighted by Gasteiger charge is -2.34. The minimum absolute atomic E-state index is 0.167. The summed E-state index contributed by atoms with van der Waals surface area (Å²) in [4.78, 5) is 11.3. The highest BCUT2D eigenvalue weighted by molar-refractivity contribution is 7.03. The third-order valence-corrected chi connectivity index (χ3v) is 13.7. The van der Waals surface area contributed by atoms with Crippen LogP contribution in [0.4, 0.5) is 0 Å². The number of para-hydroxylation sites is 4. The molecule has 0 saturated heterocycles. The fourth-order valence-electron chi connectivity index (χ4n) is 11.4. The summed E-state index contributed by atoms with van der Waals surface area (Å²) in [6, 6.07) is 72.4. The lowest BCUT2D eigenvalue weighted by Crippen LogP contribution is -2.60. The van der Waals surface area contributed by atoms with E-state index >= 15 is 0 Å². The van der Waals surface area contributed by atoms with Crippen LogP contribution in [0.2, 0.25) is 0 Å². The number of rotatable bonds is 4. The number of aromatic nitrogens is 6. The molecule has 0 amide bonds. The van der Waals surface area contributed by atoms with Crippen molar-refractivity contribution in [2.75, 3.05) is 0 Å². The van der Waals surface area contributed by atoms with Crippen molar-refractivity contribution in [3.8, 4) is 45.5 Å². The molecule has 0 spiro atoms. The normalized spacial score (nSPS) is 12.7. The standard InChI is InChI=1S/C56H33BN6/c1-5-18-34(19-6-1)55-58-40-32-46-48(38-26-13-15-28-42(38)60(46)36-22-9-3-10-23-36)51-53(40)62(55)44-30-17-31-45-50(44)57(51)52-49-39-27-14-16-29-43(39)61(37-24-11-4-12-25-37)47(49)33-41-54(52)63(45)56(59-41)35-20-7-2-8-21-35/h1-33H. The molecule has 63 heavy (non-hydrogen) atoms.